The summed E-state index contributed by atoms with van der Waals surface area (Å²) in [4.78, 5) is 24.9. The fourth-order valence-corrected chi connectivity index (χ4v) is 2.29. The monoisotopic (exact) mass is 353 g/mol. The van der Waals surface area contributed by atoms with Gasteiger partial charge >= 0.3 is 12.6 Å². The Labute approximate surface area is 142 Å². The van der Waals surface area contributed by atoms with Crippen LogP contribution in [0.2, 0.25) is 0 Å². The molecule has 0 aliphatic heterocycles. The van der Waals surface area contributed by atoms with Crippen LogP contribution in [-0.2, 0) is 13.0 Å². The van der Waals surface area contributed by atoms with E-state index in [-0.39, 0.29) is 29.4 Å². The number of benzene rings is 1. The summed E-state index contributed by atoms with van der Waals surface area (Å²) in [5, 5.41) is 9.10. The quantitative estimate of drug-likeness (QED) is 0.825. The van der Waals surface area contributed by atoms with Gasteiger partial charge in [0, 0.05) is 26.1 Å². The van der Waals surface area contributed by atoms with E-state index < -0.39 is 18.5 Å². The summed E-state index contributed by atoms with van der Waals surface area (Å²) in [5.74, 6) is -1.43. The minimum absolute atomic E-state index is 0.0254. The molecular weight excluding hydrogens is 336 g/mol. The van der Waals surface area contributed by atoms with Crippen LogP contribution in [0.25, 0.3) is 0 Å². The van der Waals surface area contributed by atoms with Crippen LogP contribution in [0.1, 0.15) is 39.2 Å². The van der Waals surface area contributed by atoms with Gasteiger partial charge in [-0.1, -0.05) is 19.1 Å². The number of furan rings is 1. The summed E-state index contributed by atoms with van der Waals surface area (Å²) in [5.41, 5.74) is 0.658. The highest BCUT2D eigenvalue weighted by atomic mass is 19.3. The number of carbonyl (C=O) groups excluding carboxylic acids is 1. The number of nitrogens with zero attached hydrogens (tertiary/aromatic N) is 1. The van der Waals surface area contributed by atoms with Gasteiger partial charge in [-0.2, -0.15) is 8.78 Å². The Balaban J connectivity index is 2.08. The van der Waals surface area contributed by atoms with Crippen molar-refractivity contribution < 1.29 is 32.6 Å². The zero-order valence-electron chi connectivity index (χ0n) is 13.7. The van der Waals surface area contributed by atoms with E-state index in [4.69, 9.17) is 9.52 Å². The van der Waals surface area contributed by atoms with Gasteiger partial charge in [0.15, 0.2) is 5.76 Å². The van der Waals surface area contributed by atoms with E-state index in [0.717, 1.165) is 0 Å². The van der Waals surface area contributed by atoms with Crippen LogP contribution in [-0.4, -0.2) is 35.5 Å². The third-order valence-corrected chi connectivity index (χ3v) is 3.49. The highest BCUT2D eigenvalue weighted by Crippen LogP contribution is 2.20. The van der Waals surface area contributed by atoms with Crippen molar-refractivity contribution in [2.75, 3.05) is 7.05 Å². The van der Waals surface area contributed by atoms with Crippen molar-refractivity contribution in [2.45, 2.75) is 26.5 Å². The number of hydrogen-bond acceptors (Lipinski definition) is 4. The zero-order valence-corrected chi connectivity index (χ0v) is 13.7. The summed E-state index contributed by atoms with van der Waals surface area (Å²) in [6.07, 6.45) is 0.351. The number of hydrogen-bond donors (Lipinski definition) is 1. The van der Waals surface area contributed by atoms with Crippen LogP contribution in [0.3, 0.4) is 0 Å². The highest BCUT2D eigenvalue weighted by molar-refractivity contribution is 5.96. The number of amides is 1. The van der Waals surface area contributed by atoms with Crippen molar-refractivity contribution >= 4 is 11.9 Å². The molecule has 0 saturated carbocycles. The smallest absolute Gasteiger partial charge is 0.387 e. The van der Waals surface area contributed by atoms with Crippen molar-refractivity contribution in [2.24, 2.45) is 0 Å². The van der Waals surface area contributed by atoms with Gasteiger partial charge in [-0.05, 0) is 17.7 Å². The third kappa shape index (κ3) is 4.56. The molecule has 0 saturated heterocycles. The lowest BCUT2D eigenvalue weighted by molar-refractivity contribution is -0.0498. The molecule has 0 unspecified atom stereocenters. The van der Waals surface area contributed by atoms with Crippen molar-refractivity contribution in [1.82, 2.24) is 4.90 Å². The zero-order chi connectivity index (χ0) is 18.6. The molecule has 1 amide bonds. The second-order valence-electron chi connectivity index (χ2n) is 5.29. The molecule has 1 aromatic carbocycles. The van der Waals surface area contributed by atoms with Crippen LogP contribution in [0.5, 0.6) is 5.75 Å². The Hall–Kier alpha value is -2.90. The summed E-state index contributed by atoms with van der Waals surface area (Å²) in [7, 11) is 1.53. The normalized spacial score (nSPS) is 10.8. The first-order chi connectivity index (χ1) is 11.8. The summed E-state index contributed by atoms with van der Waals surface area (Å²) in [6, 6.07) is 7.09. The van der Waals surface area contributed by atoms with Crippen molar-refractivity contribution in [3.63, 3.8) is 0 Å². The molecule has 0 radical (unpaired) electrons. The Kier molecular flexibility index (Phi) is 5.74. The van der Waals surface area contributed by atoms with Crippen molar-refractivity contribution in [1.29, 1.82) is 0 Å². The molecule has 1 heterocycles. The number of halogens is 2. The summed E-state index contributed by atoms with van der Waals surface area (Å²) in [6.45, 7) is -0.977. The Morgan fingerprint density at radius 2 is 1.92 bits per heavy atom. The van der Waals surface area contributed by atoms with Gasteiger partial charge in [0.2, 0.25) is 0 Å². The lowest BCUT2D eigenvalue weighted by atomic mass is 10.2. The Morgan fingerprint density at radius 1 is 1.28 bits per heavy atom. The fraction of sp³-hybridized carbons (Fsp3) is 0.294. The molecule has 2 rings (SSSR count). The van der Waals surface area contributed by atoms with E-state index in [1.807, 2.05) is 0 Å². The third-order valence-electron chi connectivity index (χ3n) is 3.49. The minimum Gasteiger partial charge on any atom is -0.478 e. The van der Waals surface area contributed by atoms with Crippen LogP contribution in [0.4, 0.5) is 8.78 Å². The van der Waals surface area contributed by atoms with Crippen LogP contribution in [0, 0.1) is 0 Å². The van der Waals surface area contributed by atoms with E-state index >= 15 is 0 Å². The van der Waals surface area contributed by atoms with Gasteiger partial charge in [-0.3, -0.25) is 4.79 Å². The van der Waals surface area contributed by atoms with Gasteiger partial charge in [0.25, 0.3) is 5.91 Å². The topological polar surface area (TPSA) is 80.0 Å². The molecule has 0 atom stereocenters. The average Bonchev–Trinajstić information content (AvgIpc) is 3.00. The number of aromatic carboxylic acids is 1. The van der Waals surface area contributed by atoms with Gasteiger partial charge in [0.1, 0.15) is 17.1 Å². The molecule has 134 valence electrons. The highest BCUT2D eigenvalue weighted by Gasteiger charge is 2.22. The summed E-state index contributed by atoms with van der Waals surface area (Å²) < 4.78 is 33.8. The Morgan fingerprint density at radius 3 is 2.40 bits per heavy atom. The molecule has 0 spiro atoms. The van der Waals surface area contributed by atoms with Crippen LogP contribution >= 0.6 is 0 Å². The number of carboxylic acid groups (broad SMARTS) is 1. The second kappa shape index (κ2) is 7.78. The molecule has 6 nitrogen and oxygen atoms in total. The number of aryl methyl sites for hydroxylation is 1. The predicted molar refractivity (Wildman–Crippen MR) is 83.9 cm³/mol. The number of carbonyl (C=O) groups is 2. The first-order valence-electron chi connectivity index (χ1n) is 7.47. The van der Waals surface area contributed by atoms with Crippen molar-refractivity contribution in [3.8, 4) is 5.75 Å². The maximum Gasteiger partial charge on any atom is 0.387 e. The molecular formula is C17H17F2NO5. The second-order valence-corrected chi connectivity index (χ2v) is 5.29. The fourth-order valence-electron chi connectivity index (χ4n) is 2.29. The number of ether oxygens (including phenoxy) is 1. The van der Waals surface area contributed by atoms with Crippen LogP contribution in [0.15, 0.2) is 34.7 Å². The van der Waals surface area contributed by atoms with Crippen molar-refractivity contribution in [3.05, 3.63) is 53.0 Å². The van der Waals surface area contributed by atoms with E-state index in [2.05, 4.69) is 4.74 Å². The minimum atomic E-state index is -2.90. The standard InChI is InChI=1S/C17H17F2NO5/c1-3-13-12(16(22)23)8-14(25-13)15(21)20(2)9-10-4-6-11(7-5-10)24-17(18)19/h4-8,17H,3,9H2,1-2H3,(H,22,23). The van der Waals surface area contributed by atoms with Crippen LogP contribution < -0.4 is 4.74 Å². The van der Waals surface area contributed by atoms with E-state index in [1.54, 1.807) is 19.1 Å². The molecule has 25 heavy (non-hydrogen) atoms. The molecule has 0 bridgehead atoms. The maximum atomic E-state index is 12.4. The first-order valence-corrected chi connectivity index (χ1v) is 7.47. The van der Waals surface area contributed by atoms with Gasteiger partial charge in [0.05, 0.1) is 0 Å². The molecule has 1 aromatic heterocycles. The number of carboxylic acids is 1. The van der Waals surface area contributed by atoms with Gasteiger partial charge in [-0.15, -0.1) is 0 Å². The summed E-state index contributed by atoms with van der Waals surface area (Å²) >= 11 is 0. The van der Waals surface area contributed by atoms with E-state index in [0.29, 0.717) is 12.0 Å². The molecule has 1 N–H and O–H groups in total. The molecule has 8 heteroatoms. The Bertz CT molecular complexity index is 755. The van der Waals surface area contributed by atoms with Gasteiger partial charge in [-0.25, -0.2) is 4.79 Å². The first kappa shape index (κ1) is 18.4. The predicted octanol–water partition coefficient (Wildman–Crippen LogP) is 3.41. The molecule has 0 aliphatic carbocycles. The largest absolute Gasteiger partial charge is 0.478 e. The molecule has 0 fully saturated rings. The number of alkyl halides is 2. The maximum absolute atomic E-state index is 12.4. The lowest BCUT2D eigenvalue weighted by Gasteiger charge is -2.16. The molecule has 2 aromatic rings. The lowest BCUT2D eigenvalue weighted by Crippen LogP contribution is -2.25. The van der Waals surface area contributed by atoms with E-state index in [1.165, 1.54) is 30.1 Å². The average molecular weight is 353 g/mol. The van der Waals surface area contributed by atoms with Gasteiger partial charge < -0.3 is 19.2 Å². The number of rotatable bonds is 7. The molecule has 0 aliphatic rings. The van der Waals surface area contributed by atoms with E-state index in [9.17, 15) is 18.4 Å². The SMILES string of the molecule is CCc1oc(C(=O)N(C)Cc2ccc(OC(F)F)cc2)cc1C(=O)O.